The van der Waals surface area contributed by atoms with Crippen LogP contribution in [0.5, 0.6) is 0 Å². The SMILES string of the molecule is CCOC(=O)C(CC)Sc1ccc(Cl)c(Cl)c1. The maximum atomic E-state index is 11.6. The molecule has 2 nitrogen and oxygen atoms in total. The second-order valence-corrected chi connectivity index (χ2v) is 5.43. The summed E-state index contributed by atoms with van der Waals surface area (Å²) in [4.78, 5) is 12.5. The summed E-state index contributed by atoms with van der Waals surface area (Å²) in [7, 11) is 0. The molecule has 1 rings (SSSR count). The van der Waals surface area contributed by atoms with Crippen molar-refractivity contribution in [2.45, 2.75) is 30.4 Å². The molecule has 1 atom stereocenters. The normalized spacial score (nSPS) is 12.2. The van der Waals surface area contributed by atoms with Crippen LogP contribution in [0.15, 0.2) is 23.1 Å². The van der Waals surface area contributed by atoms with Gasteiger partial charge in [0.05, 0.1) is 16.7 Å². The third kappa shape index (κ3) is 4.41. The lowest BCUT2D eigenvalue weighted by molar-refractivity contribution is -0.142. The van der Waals surface area contributed by atoms with Gasteiger partial charge in [-0.1, -0.05) is 30.1 Å². The van der Waals surface area contributed by atoms with E-state index in [1.165, 1.54) is 11.8 Å². The van der Waals surface area contributed by atoms with E-state index in [-0.39, 0.29) is 11.2 Å². The van der Waals surface area contributed by atoms with Gasteiger partial charge in [-0.25, -0.2) is 0 Å². The lowest BCUT2D eigenvalue weighted by atomic mass is 10.3. The molecule has 0 saturated heterocycles. The van der Waals surface area contributed by atoms with Crippen molar-refractivity contribution in [3.05, 3.63) is 28.2 Å². The molecule has 1 unspecified atom stereocenters. The van der Waals surface area contributed by atoms with Gasteiger partial charge in [0.15, 0.2) is 0 Å². The van der Waals surface area contributed by atoms with Gasteiger partial charge in [-0.2, -0.15) is 0 Å². The second kappa shape index (κ2) is 7.14. The molecule has 0 amide bonds. The van der Waals surface area contributed by atoms with Gasteiger partial charge in [-0.3, -0.25) is 4.79 Å². The standard InChI is InChI=1S/C12H14Cl2O2S/c1-3-11(12(15)16-4-2)17-8-5-6-9(13)10(14)7-8/h5-7,11H,3-4H2,1-2H3. The molecule has 5 heteroatoms. The van der Waals surface area contributed by atoms with E-state index in [4.69, 9.17) is 27.9 Å². The molecule has 0 radical (unpaired) electrons. The third-order valence-corrected chi connectivity index (χ3v) is 4.17. The van der Waals surface area contributed by atoms with Gasteiger partial charge >= 0.3 is 5.97 Å². The van der Waals surface area contributed by atoms with E-state index >= 15 is 0 Å². The minimum Gasteiger partial charge on any atom is -0.465 e. The number of carbonyl (C=O) groups is 1. The Morgan fingerprint density at radius 1 is 1.35 bits per heavy atom. The maximum absolute atomic E-state index is 11.6. The van der Waals surface area contributed by atoms with Gasteiger partial charge in [-0.15, -0.1) is 11.8 Å². The van der Waals surface area contributed by atoms with Crippen molar-refractivity contribution in [1.82, 2.24) is 0 Å². The Bertz CT molecular complexity index is 396. The van der Waals surface area contributed by atoms with Crippen LogP contribution in [0.4, 0.5) is 0 Å². The van der Waals surface area contributed by atoms with E-state index < -0.39 is 0 Å². The first-order chi connectivity index (χ1) is 8.08. The summed E-state index contributed by atoms with van der Waals surface area (Å²) < 4.78 is 5.00. The predicted molar refractivity (Wildman–Crippen MR) is 73.0 cm³/mol. The number of carbonyl (C=O) groups excluding carboxylic acids is 1. The topological polar surface area (TPSA) is 26.3 Å². The number of hydrogen-bond donors (Lipinski definition) is 0. The zero-order chi connectivity index (χ0) is 12.8. The van der Waals surface area contributed by atoms with E-state index in [1.807, 2.05) is 13.0 Å². The third-order valence-electron chi connectivity index (χ3n) is 2.09. The Morgan fingerprint density at radius 3 is 2.59 bits per heavy atom. The summed E-state index contributed by atoms with van der Waals surface area (Å²) >= 11 is 13.2. The number of thioether (sulfide) groups is 1. The molecule has 0 heterocycles. The zero-order valence-corrected chi connectivity index (χ0v) is 12.0. The molecule has 0 bridgehead atoms. The molecular formula is C12H14Cl2O2S. The Labute approximate surface area is 116 Å². The summed E-state index contributed by atoms with van der Waals surface area (Å²) in [5, 5.41) is 0.808. The Hall–Kier alpha value is -0.380. The maximum Gasteiger partial charge on any atom is 0.319 e. The fraction of sp³-hybridized carbons (Fsp3) is 0.417. The molecule has 1 aromatic rings. The number of hydrogen-bond acceptors (Lipinski definition) is 3. The van der Waals surface area contributed by atoms with E-state index in [2.05, 4.69) is 0 Å². The molecule has 0 aliphatic heterocycles. The van der Waals surface area contributed by atoms with Crippen LogP contribution < -0.4 is 0 Å². The molecule has 0 aromatic heterocycles. The fourth-order valence-corrected chi connectivity index (χ4v) is 2.60. The first-order valence-electron chi connectivity index (χ1n) is 5.36. The van der Waals surface area contributed by atoms with Crippen LogP contribution in [-0.2, 0) is 9.53 Å². The highest BCUT2D eigenvalue weighted by atomic mass is 35.5. The molecule has 0 saturated carbocycles. The highest BCUT2D eigenvalue weighted by molar-refractivity contribution is 8.00. The molecule has 0 aliphatic rings. The Kier molecular flexibility index (Phi) is 6.17. The first-order valence-corrected chi connectivity index (χ1v) is 7.00. The largest absolute Gasteiger partial charge is 0.465 e. The minimum absolute atomic E-state index is 0.189. The Morgan fingerprint density at radius 2 is 2.06 bits per heavy atom. The molecule has 1 aromatic carbocycles. The van der Waals surface area contributed by atoms with Crippen LogP contribution in [0.25, 0.3) is 0 Å². The van der Waals surface area contributed by atoms with Crippen molar-refractivity contribution in [2.24, 2.45) is 0 Å². The van der Waals surface area contributed by atoms with E-state index in [1.54, 1.807) is 19.1 Å². The van der Waals surface area contributed by atoms with Crippen molar-refractivity contribution >= 4 is 40.9 Å². The smallest absolute Gasteiger partial charge is 0.319 e. The van der Waals surface area contributed by atoms with Gasteiger partial charge in [0.1, 0.15) is 5.25 Å². The van der Waals surface area contributed by atoms with Crippen molar-refractivity contribution in [2.75, 3.05) is 6.61 Å². The summed E-state index contributed by atoms with van der Waals surface area (Å²) in [5.41, 5.74) is 0. The van der Waals surface area contributed by atoms with Crippen LogP contribution in [-0.4, -0.2) is 17.8 Å². The molecule has 0 aliphatic carbocycles. The fourth-order valence-electron chi connectivity index (χ4n) is 1.25. The second-order valence-electron chi connectivity index (χ2n) is 3.34. The molecule has 0 N–H and O–H groups in total. The van der Waals surface area contributed by atoms with Crippen LogP contribution in [0.1, 0.15) is 20.3 Å². The van der Waals surface area contributed by atoms with Gasteiger partial charge in [0, 0.05) is 4.90 Å². The molecular weight excluding hydrogens is 279 g/mol. The van der Waals surface area contributed by atoms with Crippen molar-refractivity contribution in [3.63, 3.8) is 0 Å². The lowest BCUT2D eigenvalue weighted by Crippen LogP contribution is -2.19. The van der Waals surface area contributed by atoms with Gasteiger partial charge < -0.3 is 4.74 Å². The average molecular weight is 293 g/mol. The highest BCUT2D eigenvalue weighted by Gasteiger charge is 2.19. The molecule has 0 fully saturated rings. The predicted octanol–water partition coefficient (Wildman–Crippen LogP) is 4.43. The summed E-state index contributed by atoms with van der Waals surface area (Å²) in [6.07, 6.45) is 0.712. The quantitative estimate of drug-likeness (QED) is 0.593. The summed E-state index contributed by atoms with van der Waals surface area (Å²) in [6, 6.07) is 5.33. The number of benzene rings is 1. The van der Waals surface area contributed by atoms with Crippen LogP contribution in [0, 0.1) is 0 Å². The molecule has 94 valence electrons. The van der Waals surface area contributed by atoms with Crippen LogP contribution in [0.3, 0.4) is 0 Å². The van der Waals surface area contributed by atoms with Gasteiger partial charge in [0.25, 0.3) is 0 Å². The van der Waals surface area contributed by atoms with E-state index in [0.29, 0.717) is 23.1 Å². The molecule has 0 spiro atoms. The summed E-state index contributed by atoms with van der Waals surface area (Å²) in [6.45, 7) is 4.15. The molecule has 17 heavy (non-hydrogen) atoms. The number of esters is 1. The monoisotopic (exact) mass is 292 g/mol. The minimum atomic E-state index is -0.202. The number of ether oxygens (including phenoxy) is 1. The lowest BCUT2D eigenvalue weighted by Gasteiger charge is -2.13. The average Bonchev–Trinajstić information content (AvgIpc) is 2.30. The summed E-state index contributed by atoms with van der Waals surface area (Å²) in [5.74, 6) is -0.189. The highest BCUT2D eigenvalue weighted by Crippen LogP contribution is 2.31. The Balaban J connectivity index is 2.73. The number of halogens is 2. The van der Waals surface area contributed by atoms with Crippen molar-refractivity contribution in [1.29, 1.82) is 0 Å². The van der Waals surface area contributed by atoms with E-state index in [0.717, 1.165) is 4.90 Å². The van der Waals surface area contributed by atoms with Crippen molar-refractivity contribution < 1.29 is 9.53 Å². The van der Waals surface area contributed by atoms with Crippen LogP contribution in [0.2, 0.25) is 10.0 Å². The van der Waals surface area contributed by atoms with E-state index in [9.17, 15) is 4.79 Å². The van der Waals surface area contributed by atoms with Gasteiger partial charge in [0.2, 0.25) is 0 Å². The zero-order valence-electron chi connectivity index (χ0n) is 9.70. The van der Waals surface area contributed by atoms with Gasteiger partial charge in [-0.05, 0) is 31.5 Å². The first kappa shape index (κ1) is 14.7. The number of rotatable bonds is 5. The van der Waals surface area contributed by atoms with Crippen molar-refractivity contribution in [3.8, 4) is 0 Å². The van der Waals surface area contributed by atoms with Crippen LogP contribution >= 0.6 is 35.0 Å².